The van der Waals surface area contributed by atoms with Gasteiger partial charge in [0.1, 0.15) is 4.88 Å². The molecule has 0 saturated heterocycles. The molecule has 0 fully saturated rings. The second kappa shape index (κ2) is 6.12. The summed E-state index contributed by atoms with van der Waals surface area (Å²) in [7, 11) is 0. The summed E-state index contributed by atoms with van der Waals surface area (Å²) in [4.78, 5) is 16.5. The van der Waals surface area contributed by atoms with Crippen molar-refractivity contribution in [3.63, 3.8) is 0 Å². The van der Waals surface area contributed by atoms with Crippen molar-refractivity contribution in [2.24, 2.45) is 0 Å². The van der Waals surface area contributed by atoms with E-state index in [1.54, 1.807) is 5.51 Å². The number of aryl methyl sites for hydroxylation is 1. The van der Waals surface area contributed by atoms with E-state index in [9.17, 15) is 4.79 Å². The van der Waals surface area contributed by atoms with E-state index in [4.69, 9.17) is 0 Å². The SMILES string of the molecule is Cc1ncsc1C(=O)NC/C=C/c1ccccc1. The van der Waals surface area contributed by atoms with E-state index in [1.807, 2.05) is 49.4 Å². The maximum absolute atomic E-state index is 11.8. The number of nitrogens with zero attached hydrogens (tertiary/aromatic N) is 1. The summed E-state index contributed by atoms with van der Waals surface area (Å²) in [6.45, 7) is 2.36. The highest BCUT2D eigenvalue weighted by atomic mass is 32.1. The summed E-state index contributed by atoms with van der Waals surface area (Å²) in [6.07, 6.45) is 3.92. The van der Waals surface area contributed by atoms with Gasteiger partial charge in [0.2, 0.25) is 0 Å². The van der Waals surface area contributed by atoms with Gasteiger partial charge in [0.15, 0.2) is 0 Å². The Morgan fingerprint density at radius 2 is 2.17 bits per heavy atom. The Balaban J connectivity index is 1.84. The second-order valence-corrected chi connectivity index (χ2v) is 4.64. The van der Waals surface area contributed by atoms with Gasteiger partial charge >= 0.3 is 0 Å². The molecule has 0 bridgehead atoms. The minimum Gasteiger partial charge on any atom is -0.348 e. The number of rotatable bonds is 4. The minimum atomic E-state index is -0.0623. The van der Waals surface area contributed by atoms with E-state index in [2.05, 4.69) is 10.3 Å². The van der Waals surface area contributed by atoms with Gasteiger partial charge in [-0.15, -0.1) is 11.3 Å². The molecule has 1 aromatic carbocycles. The number of thiazole rings is 1. The lowest BCUT2D eigenvalue weighted by molar-refractivity contribution is 0.0961. The van der Waals surface area contributed by atoms with Crippen LogP contribution in [0.25, 0.3) is 6.08 Å². The first-order valence-corrected chi connectivity index (χ1v) is 6.55. The molecule has 1 heterocycles. The summed E-state index contributed by atoms with van der Waals surface area (Å²) in [5.41, 5.74) is 3.59. The lowest BCUT2D eigenvalue weighted by Crippen LogP contribution is -2.23. The molecule has 4 heteroatoms. The van der Waals surface area contributed by atoms with E-state index in [-0.39, 0.29) is 5.91 Å². The summed E-state index contributed by atoms with van der Waals surface area (Å²) < 4.78 is 0. The molecular weight excluding hydrogens is 244 g/mol. The van der Waals surface area contributed by atoms with Crippen molar-refractivity contribution >= 4 is 23.3 Å². The average molecular weight is 258 g/mol. The summed E-state index contributed by atoms with van der Waals surface area (Å²) in [5.74, 6) is -0.0623. The van der Waals surface area contributed by atoms with Crippen LogP contribution in [0, 0.1) is 6.92 Å². The fourth-order valence-electron chi connectivity index (χ4n) is 1.51. The van der Waals surface area contributed by atoms with Crippen molar-refractivity contribution in [1.82, 2.24) is 10.3 Å². The predicted octanol–water partition coefficient (Wildman–Crippen LogP) is 2.89. The number of amides is 1. The third-order valence-electron chi connectivity index (χ3n) is 2.44. The molecule has 3 nitrogen and oxygen atoms in total. The number of carbonyl (C=O) groups excluding carboxylic acids is 1. The van der Waals surface area contributed by atoms with Crippen molar-refractivity contribution in [1.29, 1.82) is 0 Å². The molecule has 2 rings (SSSR count). The molecule has 0 saturated carbocycles. The first kappa shape index (κ1) is 12.5. The minimum absolute atomic E-state index is 0.0623. The summed E-state index contributed by atoms with van der Waals surface area (Å²) in [6, 6.07) is 9.99. The Hall–Kier alpha value is -1.94. The highest BCUT2D eigenvalue weighted by Gasteiger charge is 2.09. The maximum atomic E-state index is 11.8. The molecular formula is C14H14N2OS. The molecule has 0 aliphatic rings. The van der Waals surface area contributed by atoms with Crippen LogP contribution in [-0.2, 0) is 0 Å². The van der Waals surface area contributed by atoms with Crippen molar-refractivity contribution in [2.45, 2.75) is 6.92 Å². The van der Waals surface area contributed by atoms with E-state index >= 15 is 0 Å². The van der Waals surface area contributed by atoms with E-state index in [0.717, 1.165) is 11.3 Å². The van der Waals surface area contributed by atoms with Crippen LogP contribution < -0.4 is 5.32 Å². The molecule has 18 heavy (non-hydrogen) atoms. The average Bonchev–Trinajstić information content (AvgIpc) is 2.82. The van der Waals surface area contributed by atoms with Gasteiger partial charge in [-0.1, -0.05) is 42.5 Å². The van der Waals surface area contributed by atoms with Crippen molar-refractivity contribution in [2.75, 3.05) is 6.54 Å². The van der Waals surface area contributed by atoms with Crippen LogP contribution in [0.2, 0.25) is 0 Å². The lowest BCUT2D eigenvalue weighted by atomic mass is 10.2. The zero-order valence-electron chi connectivity index (χ0n) is 10.1. The molecule has 1 N–H and O–H groups in total. The molecule has 0 atom stereocenters. The molecule has 92 valence electrons. The monoisotopic (exact) mass is 258 g/mol. The molecule has 2 aromatic rings. The summed E-state index contributed by atoms with van der Waals surface area (Å²) in [5, 5.41) is 2.84. The van der Waals surface area contributed by atoms with Gasteiger partial charge in [-0.25, -0.2) is 4.98 Å². The normalized spacial score (nSPS) is 10.7. The number of hydrogen-bond donors (Lipinski definition) is 1. The van der Waals surface area contributed by atoms with Gasteiger partial charge in [-0.2, -0.15) is 0 Å². The standard InChI is InChI=1S/C14H14N2OS/c1-11-13(18-10-16-11)14(17)15-9-5-8-12-6-3-2-4-7-12/h2-8,10H,9H2,1H3,(H,15,17)/b8-5+. The first-order chi connectivity index (χ1) is 8.77. The van der Waals surface area contributed by atoms with Crippen LogP contribution in [0.5, 0.6) is 0 Å². The quantitative estimate of drug-likeness (QED) is 0.916. The van der Waals surface area contributed by atoms with Gasteiger partial charge in [0, 0.05) is 6.54 Å². The number of carbonyl (C=O) groups is 1. The number of benzene rings is 1. The molecule has 1 aromatic heterocycles. The summed E-state index contributed by atoms with van der Waals surface area (Å²) >= 11 is 1.36. The van der Waals surface area contributed by atoms with Crippen molar-refractivity contribution < 1.29 is 4.79 Å². The topological polar surface area (TPSA) is 42.0 Å². The molecule has 0 unspecified atom stereocenters. The van der Waals surface area contributed by atoms with Crippen LogP contribution in [0.15, 0.2) is 41.9 Å². The number of aromatic nitrogens is 1. The molecule has 0 aliphatic carbocycles. The molecule has 0 spiro atoms. The van der Waals surface area contributed by atoms with Crippen LogP contribution in [0.4, 0.5) is 0 Å². The van der Waals surface area contributed by atoms with Crippen LogP contribution in [0.1, 0.15) is 20.9 Å². The van der Waals surface area contributed by atoms with Gasteiger partial charge in [0.25, 0.3) is 5.91 Å². The van der Waals surface area contributed by atoms with Crippen molar-refractivity contribution in [3.8, 4) is 0 Å². The fraction of sp³-hybridized carbons (Fsp3) is 0.143. The largest absolute Gasteiger partial charge is 0.348 e. The first-order valence-electron chi connectivity index (χ1n) is 5.67. The third kappa shape index (κ3) is 3.28. The Morgan fingerprint density at radius 1 is 1.39 bits per heavy atom. The molecule has 0 radical (unpaired) electrons. The van der Waals surface area contributed by atoms with Crippen LogP contribution in [-0.4, -0.2) is 17.4 Å². The van der Waals surface area contributed by atoms with Gasteiger partial charge < -0.3 is 5.32 Å². The van der Waals surface area contributed by atoms with E-state index in [0.29, 0.717) is 11.4 Å². The smallest absolute Gasteiger partial charge is 0.263 e. The van der Waals surface area contributed by atoms with Crippen LogP contribution in [0.3, 0.4) is 0 Å². The lowest BCUT2D eigenvalue weighted by Gasteiger charge is -1.99. The zero-order valence-corrected chi connectivity index (χ0v) is 10.9. The van der Waals surface area contributed by atoms with Crippen molar-refractivity contribution in [3.05, 3.63) is 58.1 Å². The van der Waals surface area contributed by atoms with Crippen LogP contribution >= 0.6 is 11.3 Å². The van der Waals surface area contributed by atoms with Gasteiger partial charge in [0.05, 0.1) is 11.2 Å². The Morgan fingerprint density at radius 3 is 2.83 bits per heavy atom. The molecule has 0 aliphatic heterocycles. The van der Waals surface area contributed by atoms with Gasteiger partial charge in [-0.05, 0) is 12.5 Å². The Bertz CT molecular complexity index is 546. The maximum Gasteiger partial charge on any atom is 0.263 e. The Labute approximate surface area is 110 Å². The highest BCUT2D eigenvalue weighted by molar-refractivity contribution is 7.11. The molecule has 1 amide bonds. The van der Waals surface area contributed by atoms with E-state index in [1.165, 1.54) is 11.3 Å². The second-order valence-electron chi connectivity index (χ2n) is 3.79. The Kier molecular flexibility index (Phi) is 4.25. The number of hydrogen-bond acceptors (Lipinski definition) is 3. The highest BCUT2D eigenvalue weighted by Crippen LogP contribution is 2.11. The van der Waals surface area contributed by atoms with E-state index < -0.39 is 0 Å². The van der Waals surface area contributed by atoms with Gasteiger partial charge in [-0.3, -0.25) is 4.79 Å². The zero-order chi connectivity index (χ0) is 12.8. The number of nitrogens with one attached hydrogen (secondary N) is 1. The fourth-order valence-corrected chi connectivity index (χ4v) is 2.23. The third-order valence-corrected chi connectivity index (χ3v) is 3.37. The predicted molar refractivity (Wildman–Crippen MR) is 74.7 cm³/mol.